The van der Waals surface area contributed by atoms with Gasteiger partial charge in [0.2, 0.25) is 0 Å². The fourth-order valence-corrected chi connectivity index (χ4v) is 3.20. The first kappa shape index (κ1) is 12.9. The smallest absolute Gasteiger partial charge is 0.369 e. The first-order chi connectivity index (χ1) is 8.81. The maximum Gasteiger partial charge on any atom is 0.416 e. The molecule has 0 unspecified atom stereocenters. The second-order valence-electron chi connectivity index (χ2n) is 5.66. The molecule has 0 aliphatic carbocycles. The standard InChI is InChI=1S/C14H16F3NO/c1-8-3-9-10(11(4-8)14(15,16)17)6-19-13(2)7-18-5-12(9)13/h3-4,12,18H,5-7H2,1-2H3/t12-,13-/m0/s1. The number of hydrogen-bond donors (Lipinski definition) is 1. The average molecular weight is 271 g/mol. The van der Waals surface area contributed by atoms with E-state index >= 15 is 0 Å². The Bertz CT molecular complexity index is 526. The highest BCUT2D eigenvalue weighted by Crippen LogP contribution is 2.45. The third-order valence-corrected chi connectivity index (χ3v) is 4.22. The van der Waals surface area contributed by atoms with Gasteiger partial charge >= 0.3 is 6.18 Å². The highest BCUT2D eigenvalue weighted by molar-refractivity contribution is 5.45. The molecule has 1 aromatic carbocycles. The minimum Gasteiger partial charge on any atom is -0.369 e. The Hall–Kier alpha value is -1.07. The van der Waals surface area contributed by atoms with Crippen LogP contribution in [0.15, 0.2) is 12.1 Å². The first-order valence-corrected chi connectivity index (χ1v) is 6.36. The van der Waals surface area contributed by atoms with E-state index in [4.69, 9.17) is 4.74 Å². The van der Waals surface area contributed by atoms with Crippen molar-refractivity contribution in [1.29, 1.82) is 0 Å². The molecule has 2 heterocycles. The number of fused-ring (bicyclic) bond motifs is 3. The molecule has 104 valence electrons. The van der Waals surface area contributed by atoms with Crippen LogP contribution in [0, 0.1) is 6.92 Å². The molecule has 0 amide bonds. The Morgan fingerprint density at radius 2 is 2.11 bits per heavy atom. The molecule has 19 heavy (non-hydrogen) atoms. The van der Waals surface area contributed by atoms with E-state index in [9.17, 15) is 13.2 Å². The van der Waals surface area contributed by atoms with Crippen LogP contribution >= 0.6 is 0 Å². The lowest BCUT2D eigenvalue weighted by atomic mass is 9.79. The van der Waals surface area contributed by atoms with E-state index in [1.165, 1.54) is 6.07 Å². The van der Waals surface area contributed by atoms with Gasteiger partial charge in [0.25, 0.3) is 0 Å². The van der Waals surface area contributed by atoms with Crippen molar-refractivity contribution in [2.75, 3.05) is 13.1 Å². The van der Waals surface area contributed by atoms with Gasteiger partial charge in [0.1, 0.15) is 0 Å². The molecule has 1 saturated heterocycles. The molecular formula is C14H16F3NO. The summed E-state index contributed by atoms with van der Waals surface area (Å²) in [6, 6.07) is 3.09. The summed E-state index contributed by atoms with van der Waals surface area (Å²) in [5.74, 6) is -0.00255. The molecule has 2 atom stereocenters. The van der Waals surface area contributed by atoms with Gasteiger partial charge < -0.3 is 10.1 Å². The summed E-state index contributed by atoms with van der Waals surface area (Å²) in [7, 11) is 0. The zero-order valence-corrected chi connectivity index (χ0v) is 10.9. The van der Waals surface area contributed by atoms with Gasteiger partial charge in [-0.05, 0) is 31.0 Å². The predicted octanol–water partition coefficient (Wildman–Crippen LogP) is 2.99. The molecule has 5 heteroatoms. The third kappa shape index (κ3) is 1.96. The van der Waals surface area contributed by atoms with E-state index in [1.807, 2.05) is 13.0 Å². The van der Waals surface area contributed by atoms with E-state index in [0.717, 1.165) is 5.56 Å². The molecule has 1 aromatic rings. The molecular weight excluding hydrogens is 255 g/mol. The third-order valence-electron chi connectivity index (χ3n) is 4.22. The molecule has 0 aromatic heterocycles. The first-order valence-electron chi connectivity index (χ1n) is 6.36. The highest BCUT2D eigenvalue weighted by Gasteiger charge is 2.47. The van der Waals surface area contributed by atoms with Crippen LogP contribution in [-0.4, -0.2) is 18.7 Å². The minimum atomic E-state index is -4.32. The number of alkyl halides is 3. The lowest BCUT2D eigenvalue weighted by molar-refractivity contribution is -0.141. The van der Waals surface area contributed by atoms with Gasteiger partial charge in [-0.2, -0.15) is 13.2 Å². The number of hydrogen-bond acceptors (Lipinski definition) is 2. The minimum absolute atomic E-state index is 0.00255. The van der Waals surface area contributed by atoms with Gasteiger partial charge in [-0.1, -0.05) is 11.6 Å². The fourth-order valence-electron chi connectivity index (χ4n) is 3.20. The second-order valence-corrected chi connectivity index (χ2v) is 5.66. The van der Waals surface area contributed by atoms with E-state index in [2.05, 4.69) is 5.32 Å². The van der Waals surface area contributed by atoms with Crippen molar-refractivity contribution >= 4 is 0 Å². The highest BCUT2D eigenvalue weighted by atomic mass is 19.4. The van der Waals surface area contributed by atoms with Crippen LogP contribution in [0.1, 0.15) is 35.1 Å². The zero-order valence-electron chi connectivity index (χ0n) is 10.9. The summed E-state index contributed by atoms with van der Waals surface area (Å²) in [5, 5.41) is 3.22. The number of benzene rings is 1. The number of halogens is 3. The van der Waals surface area contributed by atoms with Crippen molar-refractivity contribution in [2.45, 2.75) is 38.1 Å². The van der Waals surface area contributed by atoms with Crippen LogP contribution in [0.4, 0.5) is 13.2 Å². The van der Waals surface area contributed by atoms with Crippen molar-refractivity contribution in [1.82, 2.24) is 5.32 Å². The van der Waals surface area contributed by atoms with Crippen LogP contribution < -0.4 is 5.32 Å². The van der Waals surface area contributed by atoms with Crippen molar-refractivity contribution in [3.05, 3.63) is 34.4 Å². The van der Waals surface area contributed by atoms with Crippen molar-refractivity contribution in [3.63, 3.8) is 0 Å². The molecule has 0 radical (unpaired) electrons. The normalized spacial score (nSPS) is 30.1. The monoisotopic (exact) mass is 271 g/mol. The van der Waals surface area contributed by atoms with E-state index in [0.29, 0.717) is 24.2 Å². The molecule has 2 nitrogen and oxygen atoms in total. The summed E-state index contributed by atoms with van der Waals surface area (Å²) in [6.45, 7) is 5.08. The van der Waals surface area contributed by atoms with Crippen LogP contribution in [0.25, 0.3) is 0 Å². The van der Waals surface area contributed by atoms with Gasteiger partial charge in [-0.3, -0.25) is 0 Å². The van der Waals surface area contributed by atoms with E-state index < -0.39 is 11.7 Å². The van der Waals surface area contributed by atoms with Crippen LogP contribution in [0.2, 0.25) is 0 Å². The summed E-state index contributed by atoms with van der Waals surface area (Å²) in [4.78, 5) is 0. The number of ether oxygens (including phenoxy) is 1. The zero-order chi connectivity index (χ0) is 13.8. The molecule has 1 N–H and O–H groups in total. The van der Waals surface area contributed by atoms with Gasteiger partial charge in [-0.25, -0.2) is 0 Å². The largest absolute Gasteiger partial charge is 0.416 e. The van der Waals surface area contributed by atoms with E-state index in [-0.39, 0.29) is 18.1 Å². The molecule has 3 rings (SSSR count). The van der Waals surface area contributed by atoms with E-state index in [1.54, 1.807) is 6.92 Å². The van der Waals surface area contributed by atoms with Crippen LogP contribution in [0.3, 0.4) is 0 Å². The molecule has 0 spiro atoms. The summed E-state index contributed by atoms with van der Waals surface area (Å²) in [5.41, 5.74) is 0.831. The van der Waals surface area contributed by atoms with Gasteiger partial charge in [-0.15, -0.1) is 0 Å². The maximum absolute atomic E-state index is 13.1. The quantitative estimate of drug-likeness (QED) is 0.783. The Morgan fingerprint density at radius 3 is 2.79 bits per heavy atom. The van der Waals surface area contributed by atoms with Crippen LogP contribution in [-0.2, 0) is 17.5 Å². The average Bonchev–Trinajstić information content (AvgIpc) is 2.69. The second kappa shape index (κ2) is 3.96. The Morgan fingerprint density at radius 1 is 1.37 bits per heavy atom. The van der Waals surface area contributed by atoms with Crippen LogP contribution in [0.5, 0.6) is 0 Å². The maximum atomic E-state index is 13.1. The van der Waals surface area contributed by atoms with Gasteiger partial charge in [0, 0.05) is 19.0 Å². The molecule has 0 bridgehead atoms. The predicted molar refractivity (Wildman–Crippen MR) is 65.0 cm³/mol. The SMILES string of the molecule is Cc1cc2c(c(C(F)(F)F)c1)CO[C@@]1(C)CNC[C@@H]21. The van der Waals surface area contributed by atoms with Gasteiger partial charge in [0.05, 0.1) is 17.8 Å². The molecule has 0 saturated carbocycles. The summed E-state index contributed by atoms with van der Waals surface area (Å²) < 4.78 is 45.1. The van der Waals surface area contributed by atoms with Gasteiger partial charge in [0.15, 0.2) is 0 Å². The van der Waals surface area contributed by atoms with Crippen molar-refractivity contribution in [3.8, 4) is 0 Å². The lowest BCUT2D eigenvalue weighted by Gasteiger charge is -2.38. The fraction of sp³-hybridized carbons (Fsp3) is 0.571. The lowest BCUT2D eigenvalue weighted by Crippen LogP contribution is -2.40. The summed E-state index contributed by atoms with van der Waals surface area (Å²) in [6.07, 6.45) is -4.32. The Kier molecular flexibility index (Phi) is 2.70. The Labute approximate surface area is 109 Å². The Balaban J connectivity index is 2.18. The molecule has 1 fully saturated rings. The molecule has 2 aliphatic heterocycles. The van der Waals surface area contributed by atoms with Crippen molar-refractivity contribution in [2.24, 2.45) is 0 Å². The topological polar surface area (TPSA) is 21.3 Å². The number of nitrogens with one attached hydrogen (secondary N) is 1. The number of rotatable bonds is 0. The van der Waals surface area contributed by atoms with Crippen molar-refractivity contribution < 1.29 is 17.9 Å². The number of aryl methyl sites for hydroxylation is 1. The summed E-state index contributed by atoms with van der Waals surface area (Å²) >= 11 is 0. The molecule has 2 aliphatic rings.